The number of nitrogens with zero attached hydrogens (tertiary/aromatic N) is 3. The van der Waals surface area contributed by atoms with Gasteiger partial charge in [-0.2, -0.15) is 4.31 Å². The van der Waals surface area contributed by atoms with Gasteiger partial charge in [0.1, 0.15) is 6.10 Å². The maximum absolute atomic E-state index is 12.5. The largest absolute Gasteiger partial charge is 0.471 e. The van der Waals surface area contributed by atoms with Gasteiger partial charge in [0, 0.05) is 24.2 Å². The van der Waals surface area contributed by atoms with Gasteiger partial charge in [-0.25, -0.2) is 13.4 Å². The summed E-state index contributed by atoms with van der Waals surface area (Å²) in [7, 11) is -3.28. The maximum Gasteiger partial charge on any atom is 0.214 e. The number of fused-ring (bicyclic) bond motifs is 1. The van der Waals surface area contributed by atoms with Crippen molar-refractivity contribution in [1.29, 1.82) is 0 Å². The highest BCUT2D eigenvalue weighted by Gasteiger charge is 2.30. The second kappa shape index (κ2) is 6.72. The van der Waals surface area contributed by atoms with Crippen LogP contribution in [-0.2, 0) is 23.1 Å². The molecule has 7 heteroatoms. The molecule has 2 aromatic rings. The average Bonchev–Trinajstić information content (AvgIpc) is 2.87. The van der Waals surface area contributed by atoms with E-state index in [1.807, 2.05) is 37.4 Å². The quantitative estimate of drug-likeness (QED) is 0.837. The first-order valence-corrected chi connectivity index (χ1v) is 9.39. The highest BCUT2D eigenvalue weighted by molar-refractivity contribution is 7.89. The topological polar surface area (TPSA) is 64.4 Å². The van der Waals surface area contributed by atoms with Crippen molar-refractivity contribution in [3.05, 3.63) is 48.4 Å². The smallest absolute Gasteiger partial charge is 0.214 e. The summed E-state index contributed by atoms with van der Waals surface area (Å²) in [6.07, 6.45) is 3.95. The van der Waals surface area contributed by atoms with Gasteiger partial charge in [-0.3, -0.25) is 0 Å². The van der Waals surface area contributed by atoms with Crippen LogP contribution in [0.1, 0.15) is 19.0 Å². The molecule has 0 bridgehead atoms. The summed E-state index contributed by atoms with van der Waals surface area (Å²) in [6.45, 7) is 3.20. The summed E-state index contributed by atoms with van der Waals surface area (Å²) in [6, 6.07) is 9.35. The molecule has 0 spiro atoms. The van der Waals surface area contributed by atoms with E-state index in [0.717, 1.165) is 5.69 Å². The summed E-state index contributed by atoms with van der Waals surface area (Å²) >= 11 is 0. The third-order valence-corrected chi connectivity index (χ3v) is 5.84. The Bertz CT molecular complexity index is 743. The second-order valence-electron chi connectivity index (χ2n) is 5.67. The van der Waals surface area contributed by atoms with Crippen LogP contribution >= 0.6 is 0 Å². The molecular weight excluding hydrogens is 314 g/mol. The molecule has 1 aliphatic rings. The van der Waals surface area contributed by atoms with Gasteiger partial charge in [-0.1, -0.05) is 13.0 Å². The predicted octanol–water partition coefficient (Wildman–Crippen LogP) is 1.89. The lowest BCUT2D eigenvalue weighted by Gasteiger charge is -2.23. The van der Waals surface area contributed by atoms with Crippen LogP contribution in [0.2, 0.25) is 0 Å². The summed E-state index contributed by atoms with van der Waals surface area (Å²) < 4.78 is 34.5. The van der Waals surface area contributed by atoms with E-state index in [0.29, 0.717) is 31.9 Å². The highest BCUT2D eigenvalue weighted by atomic mass is 32.2. The van der Waals surface area contributed by atoms with Crippen molar-refractivity contribution in [3.63, 3.8) is 0 Å². The van der Waals surface area contributed by atoms with Crippen molar-refractivity contribution in [2.24, 2.45) is 0 Å². The Morgan fingerprint density at radius 2 is 2.13 bits per heavy atom. The van der Waals surface area contributed by atoms with E-state index >= 15 is 0 Å². The Hall–Kier alpha value is -1.86. The van der Waals surface area contributed by atoms with Crippen LogP contribution in [0.5, 0.6) is 5.88 Å². The number of hydrogen-bond donors (Lipinski definition) is 0. The first-order chi connectivity index (χ1) is 11.1. The minimum Gasteiger partial charge on any atom is -0.471 e. The SMILES string of the molecule is CCCS(=O)(=O)N1Cc2cccn2C[C@@H](Oc2ccccn2)C1. The molecule has 0 saturated heterocycles. The molecule has 0 saturated carbocycles. The molecule has 0 amide bonds. The summed E-state index contributed by atoms with van der Waals surface area (Å²) in [5.41, 5.74) is 0.983. The molecule has 0 unspecified atom stereocenters. The van der Waals surface area contributed by atoms with Gasteiger partial charge in [0.05, 0.1) is 25.4 Å². The Morgan fingerprint density at radius 1 is 1.26 bits per heavy atom. The van der Waals surface area contributed by atoms with Gasteiger partial charge in [0.2, 0.25) is 15.9 Å². The third kappa shape index (κ3) is 3.73. The van der Waals surface area contributed by atoms with Gasteiger partial charge in [-0.05, 0) is 24.6 Å². The van der Waals surface area contributed by atoms with E-state index in [9.17, 15) is 8.42 Å². The molecular formula is C16H21N3O3S. The van der Waals surface area contributed by atoms with Crippen molar-refractivity contribution >= 4 is 10.0 Å². The Balaban J connectivity index is 1.86. The molecule has 3 rings (SSSR count). The summed E-state index contributed by atoms with van der Waals surface area (Å²) in [4.78, 5) is 4.17. The lowest BCUT2D eigenvalue weighted by Crippen LogP contribution is -2.39. The van der Waals surface area contributed by atoms with Crippen LogP contribution in [0, 0.1) is 0 Å². The van der Waals surface area contributed by atoms with Gasteiger partial charge >= 0.3 is 0 Å². The molecule has 124 valence electrons. The molecule has 0 fully saturated rings. The molecule has 3 heterocycles. The first-order valence-electron chi connectivity index (χ1n) is 7.78. The Kier molecular flexibility index (Phi) is 4.68. The van der Waals surface area contributed by atoms with E-state index in [-0.39, 0.29) is 11.9 Å². The maximum atomic E-state index is 12.5. The van der Waals surface area contributed by atoms with E-state index in [1.54, 1.807) is 12.3 Å². The van der Waals surface area contributed by atoms with Crippen molar-refractivity contribution in [1.82, 2.24) is 13.9 Å². The molecule has 0 aliphatic carbocycles. The molecule has 23 heavy (non-hydrogen) atoms. The first kappa shape index (κ1) is 16.0. The molecule has 0 aromatic carbocycles. The lowest BCUT2D eigenvalue weighted by molar-refractivity contribution is 0.154. The van der Waals surface area contributed by atoms with E-state index in [1.165, 1.54) is 4.31 Å². The van der Waals surface area contributed by atoms with Crippen molar-refractivity contribution in [2.45, 2.75) is 32.5 Å². The predicted molar refractivity (Wildman–Crippen MR) is 87.6 cm³/mol. The average molecular weight is 335 g/mol. The van der Waals surface area contributed by atoms with Crippen LogP contribution in [0.4, 0.5) is 0 Å². The zero-order valence-corrected chi connectivity index (χ0v) is 13.9. The zero-order chi connectivity index (χ0) is 16.3. The van der Waals surface area contributed by atoms with Gasteiger partial charge in [0.15, 0.2) is 0 Å². The lowest BCUT2D eigenvalue weighted by atomic mass is 10.3. The van der Waals surface area contributed by atoms with E-state index in [4.69, 9.17) is 4.74 Å². The summed E-state index contributed by atoms with van der Waals surface area (Å²) in [5.74, 6) is 0.672. The zero-order valence-electron chi connectivity index (χ0n) is 13.1. The monoisotopic (exact) mass is 335 g/mol. The minimum absolute atomic E-state index is 0.157. The normalized spacial score (nSPS) is 19.1. The van der Waals surface area contributed by atoms with Crippen molar-refractivity contribution in [3.8, 4) is 5.88 Å². The molecule has 6 nitrogen and oxygen atoms in total. The number of sulfonamides is 1. The molecule has 2 aromatic heterocycles. The van der Waals surface area contributed by atoms with Crippen LogP contribution in [0.25, 0.3) is 0 Å². The van der Waals surface area contributed by atoms with Gasteiger partial charge in [-0.15, -0.1) is 0 Å². The number of pyridine rings is 1. The summed E-state index contributed by atoms with van der Waals surface area (Å²) in [5, 5.41) is 0. The van der Waals surface area contributed by atoms with Crippen molar-refractivity contribution < 1.29 is 13.2 Å². The van der Waals surface area contributed by atoms with Crippen LogP contribution in [0.3, 0.4) is 0 Å². The third-order valence-electron chi connectivity index (χ3n) is 3.85. The van der Waals surface area contributed by atoms with Gasteiger partial charge < -0.3 is 9.30 Å². The molecule has 0 radical (unpaired) electrons. The fourth-order valence-electron chi connectivity index (χ4n) is 2.78. The Labute approximate surface area is 136 Å². The van der Waals surface area contributed by atoms with Gasteiger partial charge in [0.25, 0.3) is 0 Å². The number of aromatic nitrogens is 2. The fraction of sp³-hybridized carbons (Fsp3) is 0.438. The van der Waals surface area contributed by atoms with Crippen LogP contribution < -0.4 is 4.74 Å². The highest BCUT2D eigenvalue weighted by Crippen LogP contribution is 2.20. The van der Waals surface area contributed by atoms with Crippen molar-refractivity contribution in [2.75, 3.05) is 12.3 Å². The van der Waals surface area contributed by atoms with Crippen LogP contribution in [-0.4, -0.2) is 40.7 Å². The number of rotatable bonds is 5. The second-order valence-corrected chi connectivity index (χ2v) is 7.76. The molecule has 0 N–H and O–H groups in total. The fourth-order valence-corrected chi connectivity index (χ4v) is 4.28. The Morgan fingerprint density at radius 3 is 2.87 bits per heavy atom. The number of hydrogen-bond acceptors (Lipinski definition) is 4. The van der Waals surface area contributed by atoms with E-state index in [2.05, 4.69) is 9.55 Å². The van der Waals surface area contributed by atoms with E-state index < -0.39 is 10.0 Å². The molecule has 1 aliphatic heterocycles. The molecule has 1 atom stereocenters. The van der Waals surface area contributed by atoms with Crippen LogP contribution in [0.15, 0.2) is 42.7 Å². The number of ether oxygens (including phenoxy) is 1. The minimum atomic E-state index is -3.28. The standard InChI is InChI=1S/C16H21N3O3S/c1-2-10-23(20,21)19-11-14-6-5-9-18(14)12-15(13-19)22-16-7-3-4-8-17-16/h3-9,15H,2,10-13H2,1H3/t15-/m1/s1.